The summed E-state index contributed by atoms with van der Waals surface area (Å²) in [5.41, 5.74) is 3.39. The quantitative estimate of drug-likeness (QED) is 0.383. The van der Waals surface area contributed by atoms with Gasteiger partial charge in [-0.3, -0.25) is 9.54 Å². The van der Waals surface area contributed by atoms with Crippen LogP contribution in [0.1, 0.15) is 23.7 Å². The van der Waals surface area contributed by atoms with Crippen molar-refractivity contribution in [3.8, 4) is 0 Å². The number of aryl methyl sites for hydroxylation is 2. The summed E-state index contributed by atoms with van der Waals surface area (Å²) in [6, 6.07) is 9.67. The van der Waals surface area contributed by atoms with Crippen molar-refractivity contribution in [1.82, 2.24) is 4.98 Å². The third-order valence-corrected chi connectivity index (χ3v) is 3.65. The molecule has 0 aliphatic carbocycles. The number of pyridine rings is 1. The molecule has 0 unspecified atom stereocenters. The molecular weight excluding hydrogens is 304 g/mol. The highest BCUT2D eigenvalue weighted by Crippen LogP contribution is 2.08. The molecule has 118 valence electrons. The van der Waals surface area contributed by atoms with Gasteiger partial charge in [0.1, 0.15) is 0 Å². The second kappa shape index (κ2) is 7.67. The van der Waals surface area contributed by atoms with E-state index in [9.17, 15) is 8.42 Å². The summed E-state index contributed by atoms with van der Waals surface area (Å²) in [6.07, 6.45) is 1.69. The number of hydrogen-bond acceptors (Lipinski definition) is 5. The van der Waals surface area contributed by atoms with Crippen LogP contribution in [-0.4, -0.2) is 28.9 Å². The maximum Gasteiger partial charge on any atom is 0.294 e. The van der Waals surface area contributed by atoms with E-state index in [4.69, 9.17) is 9.76 Å². The Morgan fingerprint density at radius 3 is 2.18 bits per heavy atom. The van der Waals surface area contributed by atoms with Gasteiger partial charge < -0.3 is 5.21 Å². The number of aromatic nitrogens is 1. The van der Waals surface area contributed by atoms with Crippen LogP contribution in [0.3, 0.4) is 0 Å². The van der Waals surface area contributed by atoms with Gasteiger partial charge in [-0.1, -0.05) is 22.9 Å². The molecule has 7 heteroatoms. The molecule has 1 aromatic heterocycles. The zero-order valence-corrected chi connectivity index (χ0v) is 13.4. The Morgan fingerprint density at radius 1 is 1.14 bits per heavy atom. The van der Waals surface area contributed by atoms with E-state index in [0.717, 1.165) is 16.8 Å². The molecule has 22 heavy (non-hydrogen) atoms. The maximum atomic E-state index is 10.5. The summed E-state index contributed by atoms with van der Waals surface area (Å²) in [7, 11) is -4.02. The first kappa shape index (κ1) is 17.8. The molecule has 2 rings (SSSR count). The molecule has 1 heterocycles. The maximum absolute atomic E-state index is 10.5. The van der Waals surface area contributed by atoms with E-state index in [1.54, 1.807) is 25.3 Å². The smallest absolute Gasteiger partial charge is 0.294 e. The summed E-state index contributed by atoms with van der Waals surface area (Å²) in [5, 5.41) is 11.5. The van der Waals surface area contributed by atoms with Crippen LogP contribution < -0.4 is 0 Å². The van der Waals surface area contributed by atoms with Crippen molar-refractivity contribution in [2.45, 2.75) is 25.7 Å². The lowest BCUT2D eigenvalue weighted by Crippen LogP contribution is -1.96. The molecule has 0 aliphatic heterocycles. The van der Waals surface area contributed by atoms with E-state index >= 15 is 0 Å². The fourth-order valence-electron chi connectivity index (χ4n) is 1.54. The molecule has 0 bridgehead atoms. The Labute approximate surface area is 129 Å². The SMILES string of the molecule is CC(=NO)c1ccnc(C)c1.Cc1ccc(S(=O)(=O)O)cc1. The van der Waals surface area contributed by atoms with Crippen molar-refractivity contribution in [1.29, 1.82) is 0 Å². The Kier molecular flexibility index (Phi) is 6.21. The zero-order valence-electron chi connectivity index (χ0n) is 12.6. The van der Waals surface area contributed by atoms with Crippen LogP contribution in [0.15, 0.2) is 52.6 Å². The molecule has 0 atom stereocenters. The lowest BCUT2D eigenvalue weighted by Gasteiger charge is -1.97. The van der Waals surface area contributed by atoms with Crippen molar-refractivity contribution in [2.75, 3.05) is 0 Å². The third kappa shape index (κ3) is 5.63. The van der Waals surface area contributed by atoms with Gasteiger partial charge >= 0.3 is 0 Å². The van der Waals surface area contributed by atoms with Crippen molar-refractivity contribution in [3.05, 3.63) is 59.4 Å². The minimum absolute atomic E-state index is 0.0666. The second-order valence-corrected chi connectivity index (χ2v) is 6.08. The minimum atomic E-state index is -4.02. The summed E-state index contributed by atoms with van der Waals surface area (Å²) < 4.78 is 29.6. The van der Waals surface area contributed by atoms with Crippen molar-refractivity contribution in [3.63, 3.8) is 0 Å². The molecule has 2 N–H and O–H groups in total. The predicted molar refractivity (Wildman–Crippen MR) is 84.0 cm³/mol. The van der Waals surface area contributed by atoms with Gasteiger partial charge in [-0.15, -0.1) is 0 Å². The topological polar surface area (TPSA) is 99.9 Å². The Hall–Kier alpha value is -2.25. The first-order valence-electron chi connectivity index (χ1n) is 6.40. The lowest BCUT2D eigenvalue weighted by molar-refractivity contribution is 0.319. The van der Waals surface area contributed by atoms with Gasteiger partial charge in [0.2, 0.25) is 0 Å². The van der Waals surface area contributed by atoms with Crippen molar-refractivity contribution < 1.29 is 18.2 Å². The Bertz CT molecular complexity index is 753. The minimum Gasteiger partial charge on any atom is -0.411 e. The molecule has 2 aromatic rings. The number of hydrogen-bond donors (Lipinski definition) is 2. The molecular formula is C15H18N2O4S. The first-order valence-corrected chi connectivity index (χ1v) is 7.84. The number of rotatable bonds is 2. The van der Waals surface area contributed by atoms with Crippen LogP contribution in [0, 0.1) is 13.8 Å². The number of oxime groups is 1. The second-order valence-electron chi connectivity index (χ2n) is 4.66. The summed E-state index contributed by atoms with van der Waals surface area (Å²) in [6.45, 7) is 5.48. The average molecular weight is 322 g/mol. The summed E-state index contributed by atoms with van der Waals surface area (Å²) in [5.74, 6) is 0. The van der Waals surface area contributed by atoms with Gasteiger partial charge in [-0.05, 0) is 45.0 Å². The van der Waals surface area contributed by atoms with Crippen LogP contribution in [-0.2, 0) is 10.1 Å². The Balaban J connectivity index is 0.000000220. The van der Waals surface area contributed by atoms with Gasteiger partial charge in [-0.2, -0.15) is 8.42 Å². The highest BCUT2D eigenvalue weighted by Gasteiger charge is 2.06. The molecule has 0 amide bonds. The van der Waals surface area contributed by atoms with E-state index in [-0.39, 0.29) is 4.90 Å². The van der Waals surface area contributed by atoms with Gasteiger partial charge in [0.05, 0.1) is 10.6 Å². The molecule has 1 aromatic carbocycles. The first-order chi connectivity index (χ1) is 10.2. The van der Waals surface area contributed by atoms with E-state index in [0.29, 0.717) is 5.71 Å². The largest absolute Gasteiger partial charge is 0.411 e. The van der Waals surface area contributed by atoms with Crippen molar-refractivity contribution in [2.24, 2.45) is 5.16 Å². The van der Waals surface area contributed by atoms with E-state index in [2.05, 4.69) is 10.1 Å². The number of nitrogens with zero attached hydrogens (tertiary/aromatic N) is 2. The molecule has 0 saturated heterocycles. The van der Waals surface area contributed by atoms with Gasteiger partial charge in [-0.25, -0.2) is 0 Å². The standard InChI is InChI=1S/C8H10N2O.C7H8O3S/c1-6-5-8(3-4-9-6)7(2)10-11;1-6-2-4-7(5-3-6)11(8,9)10/h3-5,11H,1-2H3;2-5H,1H3,(H,8,9,10). The van der Waals surface area contributed by atoms with E-state index in [1.165, 1.54) is 12.1 Å². The molecule has 0 saturated carbocycles. The average Bonchev–Trinajstić information content (AvgIpc) is 2.46. The fraction of sp³-hybridized carbons (Fsp3) is 0.200. The molecule has 0 spiro atoms. The van der Waals surface area contributed by atoms with Crippen LogP contribution in [0.4, 0.5) is 0 Å². The molecule has 0 radical (unpaired) electrons. The lowest BCUT2D eigenvalue weighted by atomic mass is 10.1. The van der Waals surface area contributed by atoms with Crippen LogP contribution in [0.25, 0.3) is 0 Å². The monoisotopic (exact) mass is 322 g/mol. The highest BCUT2D eigenvalue weighted by atomic mass is 32.2. The van der Waals surface area contributed by atoms with Crippen LogP contribution >= 0.6 is 0 Å². The molecule has 0 fully saturated rings. The van der Waals surface area contributed by atoms with Gasteiger partial charge in [0.25, 0.3) is 10.1 Å². The number of benzene rings is 1. The zero-order chi connectivity index (χ0) is 16.8. The summed E-state index contributed by atoms with van der Waals surface area (Å²) in [4.78, 5) is 3.95. The van der Waals surface area contributed by atoms with Gasteiger partial charge in [0.15, 0.2) is 0 Å². The van der Waals surface area contributed by atoms with Gasteiger partial charge in [0, 0.05) is 17.5 Å². The van der Waals surface area contributed by atoms with E-state index in [1.807, 2.05) is 26.0 Å². The van der Waals surface area contributed by atoms with E-state index < -0.39 is 10.1 Å². The normalized spacial score (nSPS) is 11.5. The molecule has 6 nitrogen and oxygen atoms in total. The Morgan fingerprint density at radius 2 is 1.73 bits per heavy atom. The summed E-state index contributed by atoms with van der Waals surface area (Å²) >= 11 is 0. The third-order valence-electron chi connectivity index (χ3n) is 2.78. The fourth-order valence-corrected chi connectivity index (χ4v) is 2.02. The van der Waals surface area contributed by atoms with Crippen LogP contribution in [0.2, 0.25) is 0 Å². The highest BCUT2D eigenvalue weighted by molar-refractivity contribution is 7.85. The van der Waals surface area contributed by atoms with Crippen molar-refractivity contribution >= 4 is 15.8 Å². The molecule has 0 aliphatic rings. The van der Waals surface area contributed by atoms with Crippen LogP contribution in [0.5, 0.6) is 0 Å². The predicted octanol–water partition coefficient (Wildman–Crippen LogP) is 2.83.